The van der Waals surface area contributed by atoms with Crippen LogP contribution in [-0.4, -0.2) is 32.4 Å². The highest BCUT2D eigenvalue weighted by Crippen LogP contribution is 2.26. The monoisotopic (exact) mass is 435 g/mol. The fraction of sp³-hybridized carbons (Fsp3) is 0.250. The van der Waals surface area contributed by atoms with Gasteiger partial charge >= 0.3 is 5.97 Å². The lowest BCUT2D eigenvalue weighted by Gasteiger charge is -2.17. The van der Waals surface area contributed by atoms with E-state index in [0.717, 1.165) is 15.6 Å². The Balaban J connectivity index is 1.71. The Hall–Kier alpha value is -1.87. The molecule has 2 aromatic carbocycles. The van der Waals surface area contributed by atoms with E-state index in [1.807, 2.05) is 35.9 Å². The van der Waals surface area contributed by atoms with Crippen molar-refractivity contribution in [2.75, 3.05) is 12.0 Å². The molecular weight excluding hydrogens is 414 g/mol. The molecule has 0 aliphatic carbocycles. The molecule has 0 radical (unpaired) electrons. The highest BCUT2D eigenvalue weighted by atomic mass is 32.2. The molecule has 0 spiro atoms. The standard InChI is InChI=1S/C20H21NO4S3/c1-26-12-11-18(21-28(23,24)16-7-3-2-4-8-16)20(22)25-13-15-14-27-19-10-6-5-9-17(15)19/h2-10,14,18,21H,11-13H2,1H3. The number of hydrogen-bond acceptors (Lipinski definition) is 6. The molecule has 1 atom stereocenters. The summed E-state index contributed by atoms with van der Waals surface area (Å²) in [5, 5.41) is 3.01. The van der Waals surface area contributed by atoms with Crippen molar-refractivity contribution in [1.82, 2.24) is 4.72 Å². The zero-order valence-corrected chi connectivity index (χ0v) is 17.8. The first kappa shape index (κ1) is 20.9. The van der Waals surface area contributed by atoms with E-state index in [4.69, 9.17) is 4.74 Å². The molecule has 28 heavy (non-hydrogen) atoms. The van der Waals surface area contributed by atoms with Crippen molar-refractivity contribution < 1.29 is 17.9 Å². The second kappa shape index (κ2) is 9.56. The van der Waals surface area contributed by atoms with Gasteiger partial charge in [-0.3, -0.25) is 4.79 Å². The van der Waals surface area contributed by atoms with Crippen LogP contribution in [0, 0.1) is 0 Å². The Morgan fingerprint density at radius 2 is 1.86 bits per heavy atom. The van der Waals surface area contributed by atoms with Gasteiger partial charge in [0.05, 0.1) is 4.90 Å². The average Bonchev–Trinajstić information content (AvgIpc) is 3.13. The molecule has 0 fully saturated rings. The number of carbonyl (C=O) groups excluding carboxylic acids is 1. The largest absolute Gasteiger partial charge is 0.460 e. The number of rotatable bonds is 9. The van der Waals surface area contributed by atoms with Crippen LogP contribution in [0.3, 0.4) is 0 Å². The summed E-state index contributed by atoms with van der Waals surface area (Å²) in [6.07, 6.45) is 2.27. The Kier molecular flexibility index (Phi) is 7.12. The number of thioether (sulfide) groups is 1. The summed E-state index contributed by atoms with van der Waals surface area (Å²) < 4.78 is 34.3. The molecule has 148 valence electrons. The van der Waals surface area contributed by atoms with Crippen molar-refractivity contribution in [2.24, 2.45) is 0 Å². The number of sulfonamides is 1. The molecule has 1 N–H and O–H groups in total. The predicted molar refractivity (Wildman–Crippen MR) is 115 cm³/mol. The molecule has 8 heteroatoms. The third-order valence-corrected chi connectivity index (χ3v) is 7.32. The van der Waals surface area contributed by atoms with Gasteiger partial charge in [-0.2, -0.15) is 16.5 Å². The third kappa shape index (κ3) is 5.14. The zero-order chi connectivity index (χ0) is 20.0. The number of ether oxygens (including phenoxy) is 1. The summed E-state index contributed by atoms with van der Waals surface area (Å²) in [5.74, 6) is 0.0715. The average molecular weight is 436 g/mol. The molecule has 3 rings (SSSR count). The smallest absolute Gasteiger partial charge is 0.324 e. The van der Waals surface area contributed by atoms with Gasteiger partial charge in [0.1, 0.15) is 12.6 Å². The van der Waals surface area contributed by atoms with Crippen molar-refractivity contribution in [3.63, 3.8) is 0 Å². The van der Waals surface area contributed by atoms with Gasteiger partial charge in [-0.1, -0.05) is 36.4 Å². The SMILES string of the molecule is CSCCC(NS(=O)(=O)c1ccccc1)C(=O)OCc1csc2ccccc12. The van der Waals surface area contributed by atoms with Crippen LogP contribution in [0.2, 0.25) is 0 Å². The summed E-state index contributed by atoms with van der Waals surface area (Å²) in [4.78, 5) is 12.8. The lowest BCUT2D eigenvalue weighted by molar-refractivity contribution is -0.147. The Bertz CT molecular complexity index is 1030. The lowest BCUT2D eigenvalue weighted by atomic mass is 10.2. The number of thiophene rings is 1. The van der Waals surface area contributed by atoms with Crippen molar-refractivity contribution in [3.05, 3.63) is 65.5 Å². The first-order valence-electron chi connectivity index (χ1n) is 8.69. The number of nitrogens with one attached hydrogen (secondary N) is 1. The number of fused-ring (bicyclic) bond motifs is 1. The van der Waals surface area contributed by atoms with E-state index < -0.39 is 22.0 Å². The van der Waals surface area contributed by atoms with Gasteiger partial charge in [-0.15, -0.1) is 11.3 Å². The second-order valence-electron chi connectivity index (χ2n) is 6.13. The highest BCUT2D eigenvalue weighted by Gasteiger charge is 2.26. The lowest BCUT2D eigenvalue weighted by Crippen LogP contribution is -2.42. The van der Waals surface area contributed by atoms with Crippen molar-refractivity contribution in [3.8, 4) is 0 Å². The summed E-state index contributed by atoms with van der Waals surface area (Å²) in [6.45, 7) is 0.117. The van der Waals surface area contributed by atoms with Crippen LogP contribution < -0.4 is 4.72 Å². The number of hydrogen-bond donors (Lipinski definition) is 1. The van der Waals surface area contributed by atoms with Crippen LogP contribution in [-0.2, 0) is 26.2 Å². The summed E-state index contributed by atoms with van der Waals surface area (Å²) in [6, 6.07) is 15.0. The summed E-state index contributed by atoms with van der Waals surface area (Å²) in [5.41, 5.74) is 0.920. The van der Waals surface area contributed by atoms with Crippen LogP contribution in [0.4, 0.5) is 0 Å². The molecule has 0 aliphatic rings. The van der Waals surface area contributed by atoms with Crippen molar-refractivity contribution in [2.45, 2.75) is 24.0 Å². The minimum absolute atomic E-state index is 0.117. The molecule has 0 bridgehead atoms. The number of carbonyl (C=O) groups is 1. The van der Waals surface area contributed by atoms with E-state index in [2.05, 4.69) is 4.72 Å². The molecule has 1 unspecified atom stereocenters. The van der Waals surface area contributed by atoms with Gasteiger partial charge < -0.3 is 4.74 Å². The summed E-state index contributed by atoms with van der Waals surface area (Å²) in [7, 11) is -3.80. The van der Waals surface area contributed by atoms with Gasteiger partial charge in [0.25, 0.3) is 0 Å². The van der Waals surface area contributed by atoms with Crippen molar-refractivity contribution >= 4 is 49.2 Å². The molecule has 3 aromatic rings. The molecule has 0 saturated carbocycles. The maximum Gasteiger partial charge on any atom is 0.324 e. The van der Waals surface area contributed by atoms with E-state index in [0.29, 0.717) is 12.2 Å². The van der Waals surface area contributed by atoms with Gasteiger partial charge in [-0.25, -0.2) is 8.42 Å². The topological polar surface area (TPSA) is 72.5 Å². The maximum absolute atomic E-state index is 12.6. The Morgan fingerprint density at radius 3 is 2.61 bits per heavy atom. The highest BCUT2D eigenvalue weighted by molar-refractivity contribution is 7.98. The van der Waals surface area contributed by atoms with Gasteiger partial charge in [-0.05, 0) is 47.4 Å². The van der Waals surface area contributed by atoms with Crippen LogP contribution in [0.1, 0.15) is 12.0 Å². The number of esters is 1. The molecule has 0 saturated heterocycles. The summed E-state index contributed by atoms with van der Waals surface area (Å²) >= 11 is 3.13. The fourth-order valence-electron chi connectivity index (χ4n) is 2.71. The zero-order valence-electron chi connectivity index (χ0n) is 15.3. The van der Waals surface area contributed by atoms with Gasteiger partial charge in [0.15, 0.2) is 0 Å². The quantitative estimate of drug-likeness (QED) is 0.514. The minimum atomic E-state index is -3.80. The molecule has 5 nitrogen and oxygen atoms in total. The fourth-order valence-corrected chi connectivity index (χ4v) is 5.37. The van der Waals surface area contributed by atoms with Gasteiger partial charge in [0, 0.05) is 10.3 Å². The molecule has 0 amide bonds. The van der Waals surface area contributed by atoms with E-state index in [1.54, 1.807) is 41.3 Å². The van der Waals surface area contributed by atoms with E-state index >= 15 is 0 Å². The van der Waals surface area contributed by atoms with Crippen LogP contribution in [0.15, 0.2) is 64.9 Å². The number of benzene rings is 2. The first-order valence-corrected chi connectivity index (χ1v) is 12.4. The normalized spacial score (nSPS) is 12.8. The molecular formula is C20H21NO4S3. The first-order chi connectivity index (χ1) is 13.5. The molecule has 1 aromatic heterocycles. The molecule has 1 heterocycles. The third-order valence-electron chi connectivity index (χ3n) is 4.18. The van der Waals surface area contributed by atoms with Crippen LogP contribution in [0.25, 0.3) is 10.1 Å². The Morgan fingerprint density at radius 1 is 1.14 bits per heavy atom. The maximum atomic E-state index is 12.6. The van der Waals surface area contributed by atoms with E-state index in [9.17, 15) is 13.2 Å². The van der Waals surface area contributed by atoms with E-state index in [1.165, 1.54) is 12.1 Å². The van der Waals surface area contributed by atoms with E-state index in [-0.39, 0.29) is 11.5 Å². The minimum Gasteiger partial charge on any atom is -0.460 e. The van der Waals surface area contributed by atoms with Crippen LogP contribution in [0.5, 0.6) is 0 Å². The molecule has 0 aliphatic heterocycles. The Labute approximate surface area is 173 Å². The van der Waals surface area contributed by atoms with Crippen molar-refractivity contribution in [1.29, 1.82) is 0 Å². The van der Waals surface area contributed by atoms with Gasteiger partial charge in [0.2, 0.25) is 10.0 Å². The van der Waals surface area contributed by atoms with Crippen LogP contribution >= 0.6 is 23.1 Å². The predicted octanol–water partition coefficient (Wildman–Crippen LogP) is 4.04. The second-order valence-corrected chi connectivity index (χ2v) is 9.74.